The van der Waals surface area contributed by atoms with Gasteiger partial charge in [0, 0.05) is 16.5 Å². The number of esters is 1. The number of rotatable bonds is 7. The van der Waals surface area contributed by atoms with E-state index in [-0.39, 0.29) is 5.78 Å². The van der Waals surface area contributed by atoms with Crippen molar-refractivity contribution < 1.29 is 23.8 Å². The summed E-state index contributed by atoms with van der Waals surface area (Å²) in [6, 6.07) is 32.9. The molecule has 5 nitrogen and oxygen atoms in total. The molecule has 0 bridgehead atoms. The maximum Gasteiger partial charge on any atom is 0.343 e. The molecule has 0 N–H and O–H groups in total. The Balaban J connectivity index is 1.81. The van der Waals surface area contributed by atoms with Crippen LogP contribution < -0.4 is 4.74 Å². The first-order chi connectivity index (χ1) is 18.5. The SMILES string of the molecule is COC(=O)[C@]1(c2ccc(OC)cc2)O[C@H](c2cccc(Cl)c2)[C@@H](C(=O)c2ccccc2)[C@@H]1c1ccccc1. The molecule has 4 atom stereocenters. The van der Waals surface area contributed by atoms with Crippen molar-refractivity contribution in [2.75, 3.05) is 14.2 Å². The van der Waals surface area contributed by atoms with Crippen LogP contribution in [0.3, 0.4) is 0 Å². The Hall–Kier alpha value is -3.93. The summed E-state index contributed by atoms with van der Waals surface area (Å²) in [6.07, 6.45) is -0.784. The lowest BCUT2D eigenvalue weighted by Crippen LogP contribution is -2.42. The second-order valence-corrected chi connectivity index (χ2v) is 9.63. The molecule has 0 spiro atoms. The second-order valence-electron chi connectivity index (χ2n) is 9.19. The standard InChI is InChI=1S/C32H27ClO5/c1-36-26-18-16-24(17-19-26)32(31(35)37-2)28(21-10-5-3-6-11-21)27(29(34)22-12-7-4-8-13-22)30(38-32)23-14-9-15-25(33)20-23/h3-20,27-28,30H,1-2H3/t27-,28+,30-,32-/m1/s1. The molecule has 0 amide bonds. The fourth-order valence-corrected chi connectivity index (χ4v) is 5.65. The van der Waals surface area contributed by atoms with E-state index in [9.17, 15) is 9.59 Å². The molecular formula is C32H27ClO5. The average molecular weight is 527 g/mol. The lowest BCUT2D eigenvalue weighted by Gasteiger charge is -2.34. The summed E-state index contributed by atoms with van der Waals surface area (Å²) in [7, 11) is 2.91. The molecule has 38 heavy (non-hydrogen) atoms. The molecular weight excluding hydrogens is 500 g/mol. The van der Waals surface area contributed by atoms with Crippen LogP contribution in [0, 0.1) is 5.92 Å². The zero-order valence-corrected chi connectivity index (χ0v) is 21.8. The molecule has 6 heteroatoms. The lowest BCUT2D eigenvalue weighted by molar-refractivity contribution is -0.171. The van der Waals surface area contributed by atoms with E-state index in [0.717, 1.165) is 5.56 Å². The number of ketones is 1. The van der Waals surface area contributed by atoms with Crippen molar-refractivity contribution in [2.24, 2.45) is 5.92 Å². The minimum atomic E-state index is -1.62. The summed E-state index contributed by atoms with van der Waals surface area (Å²) in [6.45, 7) is 0. The van der Waals surface area contributed by atoms with Gasteiger partial charge in [-0.2, -0.15) is 0 Å². The van der Waals surface area contributed by atoms with Crippen molar-refractivity contribution in [3.05, 3.63) is 136 Å². The third kappa shape index (κ3) is 4.49. The Morgan fingerprint density at radius 3 is 2.03 bits per heavy atom. The van der Waals surface area contributed by atoms with Gasteiger partial charge >= 0.3 is 5.97 Å². The quantitative estimate of drug-likeness (QED) is 0.196. The topological polar surface area (TPSA) is 61.8 Å². The number of carbonyl (C=O) groups excluding carboxylic acids is 2. The molecule has 5 rings (SSSR count). The molecule has 1 fully saturated rings. The highest BCUT2D eigenvalue weighted by Gasteiger charge is 2.63. The molecule has 0 unspecified atom stereocenters. The van der Waals surface area contributed by atoms with E-state index in [1.807, 2.05) is 60.7 Å². The summed E-state index contributed by atoms with van der Waals surface area (Å²) >= 11 is 6.39. The van der Waals surface area contributed by atoms with Crippen molar-refractivity contribution in [3.8, 4) is 5.75 Å². The van der Waals surface area contributed by atoms with Gasteiger partial charge in [-0.25, -0.2) is 4.79 Å². The van der Waals surface area contributed by atoms with E-state index in [2.05, 4.69) is 0 Å². The molecule has 1 heterocycles. The largest absolute Gasteiger partial charge is 0.497 e. The summed E-state index contributed by atoms with van der Waals surface area (Å²) in [5.74, 6) is -1.57. The fraction of sp³-hybridized carbons (Fsp3) is 0.188. The zero-order valence-electron chi connectivity index (χ0n) is 21.0. The number of halogens is 1. The first kappa shape index (κ1) is 25.7. The van der Waals surface area contributed by atoms with Gasteiger partial charge in [0.05, 0.1) is 26.2 Å². The molecule has 1 saturated heterocycles. The Morgan fingerprint density at radius 1 is 0.789 bits per heavy atom. The summed E-state index contributed by atoms with van der Waals surface area (Å²) in [5, 5.41) is 0.508. The van der Waals surface area contributed by atoms with E-state index in [4.69, 9.17) is 25.8 Å². The maximum absolute atomic E-state index is 14.3. The number of hydrogen-bond donors (Lipinski definition) is 0. The van der Waals surface area contributed by atoms with Crippen LogP contribution in [0.4, 0.5) is 0 Å². The normalized spacial score (nSPS) is 22.6. The van der Waals surface area contributed by atoms with Crippen molar-refractivity contribution in [1.29, 1.82) is 0 Å². The highest BCUT2D eigenvalue weighted by atomic mass is 35.5. The first-order valence-corrected chi connectivity index (χ1v) is 12.7. The molecule has 0 saturated carbocycles. The molecule has 4 aromatic carbocycles. The van der Waals surface area contributed by atoms with Gasteiger partial charge < -0.3 is 14.2 Å². The van der Waals surface area contributed by atoms with E-state index in [1.165, 1.54) is 7.11 Å². The van der Waals surface area contributed by atoms with Crippen molar-refractivity contribution in [2.45, 2.75) is 17.6 Å². The number of ether oxygens (including phenoxy) is 3. The highest BCUT2D eigenvalue weighted by Crippen LogP contribution is 2.59. The third-order valence-corrected chi connectivity index (χ3v) is 7.38. The number of hydrogen-bond acceptors (Lipinski definition) is 5. The molecule has 0 aromatic heterocycles. The van der Waals surface area contributed by atoms with E-state index in [1.54, 1.807) is 55.6 Å². The molecule has 1 aliphatic rings. The van der Waals surface area contributed by atoms with Crippen molar-refractivity contribution in [3.63, 3.8) is 0 Å². The van der Waals surface area contributed by atoms with Gasteiger partial charge in [0.1, 0.15) is 5.75 Å². The van der Waals surface area contributed by atoms with Crippen LogP contribution in [-0.2, 0) is 19.9 Å². The number of carbonyl (C=O) groups is 2. The summed E-state index contributed by atoms with van der Waals surface area (Å²) in [4.78, 5) is 28.3. The molecule has 0 aliphatic carbocycles. The average Bonchev–Trinajstić information content (AvgIpc) is 3.34. The molecule has 1 aliphatic heterocycles. The van der Waals surface area contributed by atoms with Gasteiger partial charge in [0.15, 0.2) is 11.4 Å². The van der Waals surface area contributed by atoms with Crippen LogP contribution >= 0.6 is 11.6 Å². The molecule has 0 radical (unpaired) electrons. The van der Waals surface area contributed by atoms with Crippen LogP contribution in [0.25, 0.3) is 0 Å². The number of methoxy groups -OCH3 is 2. The summed E-state index contributed by atoms with van der Waals surface area (Å²) < 4.78 is 17.6. The van der Waals surface area contributed by atoms with Gasteiger partial charge in [0.2, 0.25) is 0 Å². The fourth-order valence-electron chi connectivity index (χ4n) is 5.45. The second kappa shape index (κ2) is 10.8. The van der Waals surface area contributed by atoms with Gasteiger partial charge in [-0.3, -0.25) is 4.79 Å². The van der Waals surface area contributed by atoms with Crippen molar-refractivity contribution >= 4 is 23.4 Å². The highest BCUT2D eigenvalue weighted by molar-refractivity contribution is 6.30. The number of benzene rings is 4. The van der Waals surface area contributed by atoms with E-state index in [0.29, 0.717) is 27.5 Å². The summed E-state index contributed by atoms with van der Waals surface area (Å²) in [5.41, 5.74) is 0.961. The van der Waals surface area contributed by atoms with Crippen LogP contribution in [0.1, 0.15) is 39.1 Å². The Kier molecular flexibility index (Phi) is 7.32. The van der Waals surface area contributed by atoms with Gasteiger partial charge in [-0.15, -0.1) is 0 Å². The van der Waals surface area contributed by atoms with Crippen LogP contribution in [-0.4, -0.2) is 26.0 Å². The smallest absolute Gasteiger partial charge is 0.343 e. The molecule has 4 aromatic rings. The van der Waals surface area contributed by atoms with Crippen LogP contribution in [0.2, 0.25) is 5.02 Å². The Morgan fingerprint density at radius 2 is 1.42 bits per heavy atom. The predicted octanol–water partition coefficient (Wildman–Crippen LogP) is 6.77. The zero-order chi connectivity index (χ0) is 26.7. The first-order valence-electron chi connectivity index (χ1n) is 12.3. The van der Waals surface area contributed by atoms with Crippen LogP contribution in [0.5, 0.6) is 5.75 Å². The minimum absolute atomic E-state index is 0.135. The predicted molar refractivity (Wildman–Crippen MR) is 145 cm³/mol. The lowest BCUT2D eigenvalue weighted by atomic mass is 9.69. The Labute approximate surface area is 226 Å². The van der Waals surface area contributed by atoms with Gasteiger partial charge in [-0.05, 0) is 41.0 Å². The van der Waals surface area contributed by atoms with Crippen LogP contribution in [0.15, 0.2) is 109 Å². The van der Waals surface area contributed by atoms with E-state index < -0.39 is 29.5 Å². The maximum atomic E-state index is 14.3. The van der Waals surface area contributed by atoms with E-state index >= 15 is 0 Å². The molecule has 192 valence electrons. The Bertz CT molecular complexity index is 1420. The van der Waals surface area contributed by atoms with Gasteiger partial charge in [-0.1, -0.05) is 96.5 Å². The van der Waals surface area contributed by atoms with Gasteiger partial charge in [0.25, 0.3) is 0 Å². The minimum Gasteiger partial charge on any atom is -0.497 e. The monoisotopic (exact) mass is 526 g/mol. The number of Topliss-reactive ketones (excluding diaryl/α,β-unsaturated/α-hetero) is 1. The van der Waals surface area contributed by atoms with Crippen molar-refractivity contribution in [1.82, 2.24) is 0 Å². The third-order valence-electron chi connectivity index (χ3n) is 7.14.